The van der Waals surface area contributed by atoms with Crippen LogP contribution in [-0.4, -0.2) is 44.2 Å². The second kappa shape index (κ2) is 6.42. The first-order chi connectivity index (χ1) is 8.79. The number of rotatable bonds is 6. The Balaban J connectivity index is 2.90. The van der Waals surface area contributed by atoms with Gasteiger partial charge in [0, 0.05) is 6.54 Å². The minimum absolute atomic E-state index is 0.0794. The molecule has 1 rings (SSSR count). The maximum atomic E-state index is 12.0. The Kier molecular flexibility index (Phi) is 5.41. The zero-order chi connectivity index (χ0) is 14.6. The van der Waals surface area contributed by atoms with E-state index in [0.717, 1.165) is 18.4 Å². The number of esters is 1. The fourth-order valence-electron chi connectivity index (χ4n) is 1.16. The molecular weight excluding hydrogens is 292 g/mol. The molecule has 0 aromatic carbocycles. The minimum Gasteiger partial charge on any atom is -0.464 e. The van der Waals surface area contributed by atoms with Gasteiger partial charge in [0.15, 0.2) is 9.90 Å². The number of aliphatic hydroxyl groups is 1. The third-order valence-corrected chi connectivity index (χ3v) is 5.20. The summed E-state index contributed by atoms with van der Waals surface area (Å²) in [6.45, 7) is 3.41. The predicted octanol–water partition coefficient (Wildman–Crippen LogP) is 0.225. The highest BCUT2D eigenvalue weighted by Gasteiger charge is 2.27. The van der Waals surface area contributed by atoms with E-state index in [0.29, 0.717) is 0 Å². The summed E-state index contributed by atoms with van der Waals surface area (Å²) >= 11 is 0.816. The molecule has 0 spiro atoms. The van der Waals surface area contributed by atoms with Gasteiger partial charge < -0.3 is 9.84 Å². The average molecular weight is 308 g/mol. The van der Waals surface area contributed by atoms with Crippen LogP contribution in [-0.2, 0) is 14.8 Å². The van der Waals surface area contributed by atoms with Crippen LogP contribution in [0, 0.1) is 5.92 Å². The number of aromatic nitrogens is 1. The number of methoxy groups -OCH3 is 1. The van der Waals surface area contributed by atoms with Gasteiger partial charge in [0.05, 0.1) is 18.7 Å². The Labute approximate surface area is 115 Å². The lowest BCUT2D eigenvalue weighted by atomic mass is 10.1. The summed E-state index contributed by atoms with van der Waals surface area (Å²) < 4.78 is 30.5. The number of nitrogens with one attached hydrogen (secondary N) is 1. The second-order valence-corrected chi connectivity index (χ2v) is 6.96. The number of thiazole rings is 1. The van der Waals surface area contributed by atoms with Gasteiger partial charge in [-0.05, 0) is 5.92 Å². The van der Waals surface area contributed by atoms with E-state index in [9.17, 15) is 18.3 Å². The quantitative estimate of drug-likeness (QED) is 0.729. The largest absolute Gasteiger partial charge is 0.464 e. The minimum atomic E-state index is -3.89. The van der Waals surface area contributed by atoms with Crippen LogP contribution in [0.3, 0.4) is 0 Å². The average Bonchev–Trinajstić information content (AvgIpc) is 2.84. The third-order valence-electron chi connectivity index (χ3n) is 2.41. The van der Waals surface area contributed by atoms with Crippen LogP contribution in [0.1, 0.15) is 24.3 Å². The van der Waals surface area contributed by atoms with Gasteiger partial charge in [-0.25, -0.2) is 22.9 Å². The molecule has 19 heavy (non-hydrogen) atoms. The van der Waals surface area contributed by atoms with E-state index in [1.54, 1.807) is 13.8 Å². The first-order valence-electron chi connectivity index (χ1n) is 5.49. The molecule has 1 unspecified atom stereocenters. The number of hydrogen-bond acceptors (Lipinski definition) is 7. The van der Waals surface area contributed by atoms with Gasteiger partial charge in [-0.1, -0.05) is 13.8 Å². The summed E-state index contributed by atoms with van der Waals surface area (Å²) in [6, 6.07) is 0. The SMILES string of the molecule is COC(=O)c1ncsc1S(=O)(=O)NCC(O)C(C)C. The summed E-state index contributed by atoms with van der Waals surface area (Å²) in [6.07, 6.45) is -0.802. The van der Waals surface area contributed by atoms with Crippen molar-refractivity contribution in [3.05, 3.63) is 11.2 Å². The van der Waals surface area contributed by atoms with Crippen LogP contribution in [0.25, 0.3) is 0 Å². The molecule has 0 aliphatic rings. The van der Waals surface area contributed by atoms with Crippen molar-refractivity contribution >= 4 is 27.3 Å². The van der Waals surface area contributed by atoms with E-state index in [2.05, 4.69) is 14.4 Å². The lowest BCUT2D eigenvalue weighted by molar-refractivity contribution is 0.0590. The van der Waals surface area contributed by atoms with E-state index in [-0.39, 0.29) is 22.4 Å². The third kappa shape index (κ3) is 3.96. The molecule has 0 fully saturated rings. The number of ether oxygens (including phenoxy) is 1. The van der Waals surface area contributed by atoms with E-state index < -0.39 is 22.1 Å². The number of sulfonamides is 1. The lowest BCUT2D eigenvalue weighted by Gasteiger charge is -2.14. The van der Waals surface area contributed by atoms with Gasteiger partial charge in [0.25, 0.3) is 10.0 Å². The molecule has 2 N–H and O–H groups in total. The van der Waals surface area contributed by atoms with Gasteiger partial charge in [-0.15, -0.1) is 11.3 Å². The van der Waals surface area contributed by atoms with Crippen LogP contribution < -0.4 is 4.72 Å². The molecule has 0 saturated heterocycles. The zero-order valence-electron chi connectivity index (χ0n) is 10.8. The summed E-state index contributed by atoms with van der Waals surface area (Å²) in [5, 5.41) is 9.58. The molecule has 1 aromatic heterocycles. The highest BCUT2D eigenvalue weighted by molar-refractivity contribution is 7.91. The highest BCUT2D eigenvalue weighted by Crippen LogP contribution is 2.20. The molecule has 9 heteroatoms. The molecule has 0 radical (unpaired) electrons. The summed E-state index contributed by atoms with van der Waals surface area (Å²) in [5.41, 5.74) is 0.999. The monoisotopic (exact) mass is 308 g/mol. The molecule has 0 bridgehead atoms. The fourth-order valence-corrected chi connectivity index (χ4v) is 3.38. The standard InChI is InChI=1S/C10H16N2O5S2/c1-6(2)7(13)4-12-19(15,16)10-8(9(14)17-3)11-5-18-10/h5-7,12-13H,4H2,1-3H3. The van der Waals surface area contributed by atoms with Crippen molar-refractivity contribution in [2.24, 2.45) is 5.92 Å². The van der Waals surface area contributed by atoms with Crippen LogP contribution in [0.2, 0.25) is 0 Å². The van der Waals surface area contributed by atoms with E-state index in [1.165, 1.54) is 5.51 Å². The van der Waals surface area contributed by atoms with Crippen LogP contribution >= 0.6 is 11.3 Å². The summed E-state index contributed by atoms with van der Waals surface area (Å²) in [7, 11) is -2.74. The van der Waals surface area contributed by atoms with Gasteiger partial charge in [-0.2, -0.15) is 0 Å². The Bertz CT molecular complexity index is 538. The number of carbonyl (C=O) groups is 1. The molecule has 108 valence electrons. The van der Waals surface area contributed by atoms with Crippen molar-refractivity contribution in [1.82, 2.24) is 9.71 Å². The number of aliphatic hydroxyl groups excluding tert-OH is 1. The van der Waals surface area contributed by atoms with Gasteiger partial charge in [0.2, 0.25) is 0 Å². The summed E-state index contributed by atoms with van der Waals surface area (Å²) in [4.78, 5) is 15.0. The van der Waals surface area contributed by atoms with Crippen molar-refractivity contribution in [2.45, 2.75) is 24.2 Å². The summed E-state index contributed by atoms with van der Waals surface area (Å²) in [5.74, 6) is -0.893. The van der Waals surface area contributed by atoms with E-state index in [4.69, 9.17) is 0 Å². The van der Waals surface area contributed by atoms with Crippen molar-refractivity contribution in [1.29, 1.82) is 0 Å². The van der Waals surface area contributed by atoms with E-state index >= 15 is 0 Å². The maximum Gasteiger partial charge on any atom is 0.358 e. The molecule has 0 saturated carbocycles. The predicted molar refractivity (Wildman–Crippen MR) is 69.5 cm³/mol. The van der Waals surface area contributed by atoms with Crippen LogP contribution in [0.4, 0.5) is 0 Å². The van der Waals surface area contributed by atoms with Crippen molar-refractivity contribution < 1.29 is 23.1 Å². The Hall–Kier alpha value is -1.03. The van der Waals surface area contributed by atoms with Crippen LogP contribution in [0.5, 0.6) is 0 Å². The molecule has 1 atom stereocenters. The number of nitrogens with zero attached hydrogens (tertiary/aromatic N) is 1. The van der Waals surface area contributed by atoms with E-state index in [1.807, 2.05) is 0 Å². The number of carbonyl (C=O) groups excluding carboxylic acids is 1. The zero-order valence-corrected chi connectivity index (χ0v) is 12.4. The van der Waals surface area contributed by atoms with Gasteiger partial charge >= 0.3 is 5.97 Å². The second-order valence-electron chi connectivity index (χ2n) is 4.14. The van der Waals surface area contributed by atoms with Gasteiger partial charge in [0.1, 0.15) is 0 Å². The fraction of sp³-hybridized carbons (Fsp3) is 0.600. The molecule has 7 nitrogen and oxygen atoms in total. The van der Waals surface area contributed by atoms with Crippen LogP contribution in [0.15, 0.2) is 9.72 Å². The first kappa shape index (κ1) is 16.0. The molecule has 1 heterocycles. The normalized spacial score (nSPS) is 13.5. The molecule has 0 aliphatic carbocycles. The smallest absolute Gasteiger partial charge is 0.358 e. The number of hydrogen-bond donors (Lipinski definition) is 2. The Morgan fingerprint density at radius 1 is 1.58 bits per heavy atom. The van der Waals surface area contributed by atoms with Crippen molar-refractivity contribution in [2.75, 3.05) is 13.7 Å². The Morgan fingerprint density at radius 2 is 2.21 bits per heavy atom. The molecule has 0 aliphatic heterocycles. The molecule has 1 aromatic rings. The lowest BCUT2D eigenvalue weighted by Crippen LogP contribution is -2.35. The van der Waals surface area contributed by atoms with Gasteiger partial charge in [-0.3, -0.25) is 0 Å². The maximum absolute atomic E-state index is 12.0. The topological polar surface area (TPSA) is 106 Å². The highest BCUT2D eigenvalue weighted by atomic mass is 32.2. The first-order valence-corrected chi connectivity index (χ1v) is 7.85. The molecular formula is C10H16N2O5S2. The van der Waals surface area contributed by atoms with Crippen molar-refractivity contribution in [3.8, 4) is 0 Å². The molecule has 0 amide bonds. The Morgan fingerprint density at radius 3 is 2.74 bits per heavy atom. The van der Waals surface area contributed by atoms with Crippen molar-refractivity contribution in [3.63, 3.8) is 0 Å².